The highest BCUT2D eigenvalue weighted by Gasteiger charge is 2.34. The summed E-state index contributed by atoms with van der Waals surface area (Å²) in [5, 5.41) is -0.825. The number of rotatable bonds is 1. The van der Waals surface area contributed by atoms with Crippen molar-refractivity contribution in [3.05, 3.63) is 23.8 Å². The number of alkyl halides is 3. The maximum absolute atomic E-state index is 12.1. The first-order valence-corrected chi connectivity index (χ1v) is 5.81. The third-order valence-electron chi connectivity index (χ3n) is 1.94. The molecule has 0 aromatic heterocycles. The van der Waals surface area contributed by atoms with Crippen molar-refractivity contribution in [3.8, 4) is 0 Å². The van der Waals surface area contributed by atoms with E-state index in [1.807, 2.05) is 0 Å². The summed E-state index contributed by atoms with van der Waals surface area (Å²) in [6.07, 6.45) is -0.684. The molecule has 14 heavy (non-hydrogen) atoms. The average Bonchev–Trinajstić information content (AvgIpc) is 2.01. The van der Waals surface area contributed by atoms with Crippen molar-refractivity contribution in [1.82, 2.24) is 0 Å². The molecule has 1 aliphatic rings. The fraction of sp³-hybridized carbons (Fsp3) is 0.500. The smallest absolute Gasteiger partial charge is 0.229 e. The lowest BCUT2D eigenvalue weighted by Gasteiger charge is -2.16. The number of halogens is 3. The zero-order valence-corrected chi connectivity index (χ0v) is 8.19. The molecule has 0 aromatic carbocycles. The van der Waals surface area contributed by atoms with Crippen molar-refractivity contribution in [1.29, 1.82) is 0 Å². The summed E-state index contributed by atoms with van der Waals surface area (Å²) in [5.74, 6) is 0. The second kappa shape index (κ2) is 3.42. The molecule has 0 fully saturated rings. The van der Waals surface area contributed by atoms with Gasteiger partial charge < -0.3 is 0 Å². The van der Waals surface area contributed by atoms with Crippen molar-refractivity contribution >= 4 is 9.84 Å². The van der Waals surface area contributed by atoms with Gasteiger partial charge in [0.05, 0.1) is 10.8 Å². The molecule has 2 nitrogen and oxygen atoms in total. The maximum Gasteiger partial charge on any atom is 0.416 e. The molecule has 0 aromatic rings. The molecular weight excluding hydrogens is 217 g/mol. The van der Waals surface area contributed by atoms with Crippen LogP contribution in [-0.2, 0) is 9.84 Å². The Hall–Kier alpha value is -0.780. The van der Waals surface area contributed by atoms with Gasteiger partial charge in [0.2, 0.25) is 0 Å². The normalized spacial score (nSPS) is 23.4. The lowest BCUT2D eigenvalue weighted by molar-refractivity contribution is -0.0886. The minimum Gasteiger partial charge on any atom is -0.229 e. The Morgan fingerprint density at radius 2 is 2.00 bits per heavy atom. The van der Waals surface area contributed by atoms with Crippen LogP contribution in [-0.4, -0.2) is 26.1 Å². The van der Waals surface area contributed by atoms with Crippen LogP contribution in [0, 0.1) is 0 Å². The van der Waals surface area contributed by atoms with E-state index in [1.54, 1.807) is 0 Å². The third kappa shape index (κ3) is 2.60. The molecule has 1 aliphatic carbocycles. The van der Waals surface area contributed by atoms with E-state index in [2.05, 4.69) is 0 Å². The zero-order valence-electron chi connectivity index (χ0n) is 7.38. The van der Waals surface area contributed by atoms with Crippen LogP contribution < -0.4 is 0 Å². The number of hydrogen-bond acceptors (Lipinski definition) is 2. The van der Waals surface area contributed by atoms with Gasteiger partial charge in [-0.25, -0.2) is 8.42 Å². The van der Waals surface area contributed by atoms with Gasteiger partial charge in [-0.05, 0) is 6.42 Å². The molecule has 80 valence electrons. The Morgan fingerprint density at radius 1 is 1.43 bits per heavy atom. The first-order chi connectivity index (χ1) is 6.21. The van der Waals surface area contributed by atoms with E-state index in [0.717, 1.165) is 24.5 Å². The Kier molecular flexibility index (Phi) is 2.76. The van der Waals surface area contributed by atoms with Gasteiger partial charge in [0.1, 0.15) is 0 Å². The Labute approximate surface area is 80.0 Å². The lowest BCUT2D eigenvalue weighted by atomic mass is 10.1. The van der Waals surface area contributed by atoms with Crippen molar-refractivity contribution in [2.75, 3.05) is 6.26 Å². The summed E-state index contributed by atoms with van der Waals surface area (Å²) < 4.78 is 58.2. The molecule has 0 radical (unpaired) electrons. The van der Waals surface area contributed by atoms with Gasteiger partial charge in [-0.1, -0.05) is 18.2 Å². The van der Waals surface area contributed by atoms with Crippen LogP contribution in [0.3, 0.4) is 0 Å². The molecule has 0 saturated carbocycles. The lowest BCUT2D eigenvalue weighted by Crippen LogP contribution is -2.21. The van der Waals surface area contributed by atoms with E-state index in [9.17, 15) is 21.6 Å². The molecule has 0 spiro atoms. The predicted molar refractivity (Wildman–Crippen MR) is 46.5 cm³/mol. The van der Waals surface area contributed by atoms with Crippen LogP contribution in [0.4, 0.5) is 13.2 Å². The highest BCUT2D eigenvalue weighted by molar-refractivity contribution is 7.91. The third-order valence-corrected chi connectivity index (χ3v) is 3.39. The standard InChI is InChI=1S/C8H9F3O2S/c1-14(12,13)7-4-2-6(3-5-7)8(9,10)11/h2-4,7H,5H2,1H3. The van der Waals surface area contributed by atoms with Gasteiger partial charge in [0.25, 0.3) is 0 Å². The fourth-order valence-corrected chi connectivity index (χ4v) is 1.94. The summed E-state index contributed by atoms with van der Waals surface area (Å²) in [7, 11) is -3.29. The average molecular weight is 226 g/mol. The molecule has 1 unspecified atom stereocenters. The molecule has 0 N–H and O–H groups in total. The molecule has 0 aliphatic heterocycles. The monoisotopic (exact) mass is 226 g/mol. The molecule has 0 amide bonds. The largest absolute Gasteiger partial charge is 0.416 e. The molecule has 1 rings (SSSR count). The molecule has 0 bridgehead atoms. The minimum atomic E-state index is -4.39. The van der Waals surface area contributed by atoms with Crippen LogP contribution >= 0.6 is 0 Å². The van der Waals surface area contributed by atoms with Gasteiger partial charge >= 0.3 is 6.18 Å². The summed E-state index contributed by atoms with van der Waals surface area (Å²) >= 11 is 0. The number of hydrogen-bond donors (Lipinski definition) is 0. The van der Waals surface area contributed by atoms with Gasteiger partial charge in [-0.15, -0.1) is 0 Å². The van der Waals surface area contributed by atoms with Crippen molar-refractivity contribution in [2.45, 2.75) is 17.8 Å². The van der Waals surface area contributed by atoms with Gasteiger partial charge in [-0.3, -0.25) is 0 Å². The Balaban J connectivity index is 2.83. The summed E-state index contributed by atoms with van der Waals surface area (Å²) in [5.41, 5.74) is -0.780. The van der Waals surface area contributed by atoms with E-state index in [0.29, 0.717) is 0 Å². The fourth-order valence-electron chi connectivity index (χ4n) is 1.13. The van der Waals surface area contributed by atoms with E-state index in [4.69, 9.17) is 0 Å². The predicted octanol–water partition coefficient (Wildman–Crippen LogP) is 1.85. The number of sulfone groups is 1. The van der Waals surface area contributed by atoms with Gasteiger partial charge in [0, 0.05) is 6.26 Å². The first-order valence-electron chi connectivity index (χ1n) is 3.85. The Bertz CT molecular complexity index is 376. The molecule has 0 saturated heterocycles. The van der Waals surface area contributed by atoms with Crippen molar-refractivity contribution in [2.24, 2.45) is 0 Å². The quantitative estimate of drug-likeness (QED) is 0.683. The second-order valence-corrected chi connectivity index (χ2v) is 5.38. The van der Waals surface area contributed by atoms with Crippen LogP contribution in [0.1, 0.15) is 6.42 Å². The SMILES string of the molecule is CS(=O)(=O)C1C=CC(C(F)(F)F)=CC1. The van der Waals surface area contributed by atoms with E-state index in [-0.39, 0.29) is 6.42 Å². The maximum atomic E-state index is 12.1. The summed E-state index contributed by atoms with van der Waals surface area (Å²) in [4.78, 5) is 0. The van der Waals surface area contributed by atoms with Gasteiger partial charge in [-0.2, -0.15) is 13.2 Å². The molecule has 6 heteroatoms. The summed E-state index contributed by atoms with van der Waals surface area (Å²) in [6.45, 7) is 0. The van der Waals surface area contributed by atoms with Crippen LogP contribution in [0.15, 0.2) is 23.8 Å². The highest BCUT2D eigenvalue weighted by Crippen LogP contribution is 2.30. The van der Waals surface area contributed by atoms with E-state index in [1.165, 1.54) is 0 Å². The second-order valence-electron chi connectivity index (χ2n) is 3.12. The molecule has 1 atom stereocenters. The highest BCUT2D eigenvalue weighted by atomic mass is 32.2. The van der Waals surface area contributed by atoms with E-state index < -0.39 is 26.8 Å². The number of allylic oxidation sites excluding steroid dienone is 3. The minimum absolute atomic E-state index is 0.107. The van der Waals surface area contributed by atoms with E-state index >= 15 is 0 Å². The van der Waals surface area contributed by atoms with Crippen LogP contribution in [0.25, 0.3) is 0 Å². The van der Waals surface area contributed by atoms with Gasteiger partial charge in [0.15, 0.2) is 9.84 Å². The first kappa shape index (κ1) is 11.3. The summed E-state index contributed by atoms with van der Waals surface area (Å²) in [6, 6.07) is 0. The molecular formula is C8H9F3O2S. The zero-order chi connectivity index (χ0) is 11.0. The topological polar surface area (TPSA) is 34.1 Å². The molecule has 0 heterocycles. The van der Waals surface area contributed by atoms with Crippen LogP contribution in [0.2, 0.25) is 0 Å². The van der Waals surface area contributed by atoms with Crippen molar-refractivity contribution in [3.63, 3.8) is 0 Å². The van der Waals surface area contributed by atoms with Crippen LogP contribution in [0.5, 0.6) is 0 Å². The van der Waals surface area contributed by atoms with Crippen molar-refractivity contribution < 1.29 is 21.6 Å². The Morgan fingerprint density at radius 3 is 2.29 bits per heavy atom.